The van der Waals surface area contributed by atoms with E-state index in [2.05, 4.69) is 4.98 Å². The second kappa shape index (κ2) is 7.00. The monoisotopic (exact) mass is 277 g/mol. The molecule has 100 valence electrons. The summed E-state index contributed by atoms with van der Waals surface area (Å²) in [6.07, 6.45) is 1.75. The van der Waals surface area contributed by atoms with Gasteiger partial charge >= 0.3 is 0 Å². The number of alkyl halides is 1. The van der Waals surface area contributed by atoms with Crippen molar-refractivity contribution in [3.05, 3.63) is 53.9 Å². The predicted molar refractivity (Wildman–Crippen MR) is 75.7 cm³/mol. The van der Waals surface area contributed by atoms with Gasteiger partial charge in [-0.3, -0.25) is 4.98 Å². The van der Waals surface area contributed by atoms with Crippen LogP contribution in [0.2, 0.25) is 0 Å². The molecule has 1 aromatic heterocycles. The van der Waals surface area contributed by atoms with Gasteiger partial charge in [0.25, 0.3) is 0 Å². The first-order valence-electron chi connectivity index (χ1n) is 6.18. The van der Waals surface area contributed by atoms with E-state index in [0.29, 0.717) is 24.8 Å². The minimum Gasteiger partial charge on any atom is -0.490 e. The number of ether oxygens (including phenoxy) is 2. The Bertz CT molecular complexity index is 517. The summed E-state index contributed by atoms with van der Waals surface area (Å²) in [6.45, 7) is 2.95. The third-order valence-corrected chi connectivity index (χ3v) is 2.87. The fourth-order valence-electron chi connectivity index (χ4n) is 1.66. The zero-order valence-electron chi connectivity index (χ0n) is 10.8. The van der Waals surface area contributed by atoms with E-state index in [1.165, 1.54) is 0 Å². The molecule has 0 aliphatic heterocycles. The first-order chi connectivity index (χ1) is 9.33. The van der Waals surface area contributed by atoms with Crippen LogP contribution in [0.3, 0.4) is 0 Å². The number of rotatable bonds is 6. The molecule has 0 radical (unpaired) electrons. The van der Waals surface area contributed by atoms with Gasteiger partial charge in [0, 0.05) is 12.1 Å². The van der Waals surface area contributed by atoms with Crippen LogP contribution in [0.25, 0.3) is 0 Å². The average Bonchev–Trinajstić information content (AvgIpc) is 2.47. The highest BCUT2D eigenvalue weighted by Gasteiger charge is 2.06. The predicted octanol–water partition coefficient (Wildman–Crippen LogP) is 3.80. The largest absolute Gasteiger partial charge is 0.490 e. The molecule has 2 rings (SSSR count). The minimum absolute atomic E-state index is 0.418. The van der Waals surface area contributed by atoms with Crippen molar-refractivity contribution in [2.45, 2.75) is 19.4 Å². The van der Waals surface area contributed by atoms with Crippen LogP contribution in [-0.2, 0) is 12.5 Å². The zero-order chi connectivity index (χ0) is 13.5. The quantitative estimate of drug-likeness (QED) is 0.753. The molecule has 2 aromatic rings. The lowest BCUT2D eigenvalue weighted by Gasteiger charge is -2.12. The number of halogens is 1. The summed E-state index contributed by atoms with van der Waals surface area (Å²) in [5.74, 6) is 1.89. The number of hydrogen-bond acceptors (Lipinski definition) is 3. The number of aromatic nitrogens is 1. The summed E-state index contributed by atoms with van der Waals surface area (Å²) >= 11 is 5.82. The lowest BCUT2D eigenvalue weighted by molar-refractivity contribution is 0.266. The van der Waals surface area contributed by atoms with Crippen LogP contribution in [-0.4, -0.2) is 11.6 Å². The highest BCUT2D eigenvalue weighted by molar-refractivity contribution is 6.17. The van der Waals surface area contributed by atoms with E-state index in [0.717, 1.165) is 17.0 Å². The van der Waals surface area contributed by atoms with Gasteiger partial charge in [-0.05, 0) is 36.8 Å². The Morgan fingerprint density at radius 3 is 2.68 bits per heavy atom. The van der Waals surface area contributed by atoms with Gasteiger partial charge in [0.1, 0.15) is 6.61 Å². The molecule has 3 nitrogen and oxygen atoms in total. The van der Waals surface area contributed by atoms with Gasteiger partial charge in [-0.2, -0.15) is 0 Å². The van der Waals surface area contributed by atoms with Crippen LogP contribution >= 0.6 is 11.6 Å². The van der Waals surface area contributed by atoms with E-state index in [4.69, 9.17) is 21.1 Å². The summed E-state index contributed by atoms with van der Waals surface area (Å²) in [5, 5.41) is 0. The second-order valence-corrected chi connectivity index (χ2v) is 4.22. The van der Waals surface area contributed by atoms with E-state index in [-0.39, 0.29) is 0 Å². The molecule has 0 bridgehead atoms. The van der Waals surface area contributed by atoms with Crippen molar-refractivity contribution in [3.63, 3.8) is 0 Å². The Labute approximate surface area is 118 Å². The van der Waals surface area contributed by atoms with Crippen LogP contribution in [0.5, 0.6) is 11.5 Å². The third-order valence-electron chi connectivity index (χ3n) is 2.56. The second-order valence-electron chi connectivity index (χ2n) is 3.96. The van der Waals surface area contributed by atoms with E-state index in [1.807, 2.05) is 43.3 Å². The molecular formula is C15H16ClNO2. The van der Waals surface area contributed by atoms with Crippen LogP contribution in [0.4, 0.5) is 0 Å². The molecule has 0 aliphatic rings. The molecule has 0 saturated carbocycles. The van der Waals surface area contributed by atoms with E-state index in [1.54, 1.807) is 6.20 Å². The molecule has 0 aliphatic carbocycles. The van der Waals surface area contributed by atoms with Gasteiger partial charge in [0.2, 0.25) is 0 Å². The maximum atomic E-state index is 5.82. The Kier molecular flexibility index (Phi) is 5.04. The third kappa shape index (κ3) is 3.86. The standard InChI is InChI=1S/C15H16ClNO2/c1-2-18-15-9-12(10-16)6-7-14(15)19-11-13-5-3-4-8-17-13/h3-9H,2,10-11H2,1H3. The van der Waals surface area contributed by atoms with Crippen molar-refractivity contribution in [1.29, 1.82) is 0 Å². The van der Waals surface area contributed by atoms with Gasteiger partial charge in [-0.25, -0.2) is 0 Å². The van der Waals surface area contributed by atoms with Crippen LogP contribution in [0.15, 0.2) is 42.6 Å². The molecule has 1 aromatic carbocycles. The van der Waals surface area contributed by atoms with Gasteiger partial charge in [-0.15, -0.1) is 11.6 Å². The van der Waals surface area contributed by atoms with E-state index >= 15 is 0 Å². The summed E-state index contributed by atoms with van der Waals surface area (Å²) in [6, 6.07) is 11.5. The number of hydrogen-bond donors (Lipinski definition) is 0. The first kappa shape index (κ1) is 13.7. The van der Waals surface area contributed by atoms with Crippen molar-refractivity contribution < 1.29 is 9.47 Å². The first-order valence-corrected chi connectivity index (χ1v) is 6.71. The fraction of sp³-hybridized carbons (Fsp3) is 0.267. The molecule has 0 fully saturated rings. The van der Waals surface area contributed by atoms with Crippen molar-refractivity contribution in [2.75, 3.05) is 6.61 Å². The lowest BCUT2D eigenvalue weighted by atomic mass is 10.2. The van der Waals surface area contributed by atoms with Crippen molar-refractivity contribution in [3.8, 4) is 11.5 Å². The van der Waals surface area contributed by atoms with Crippen molar-refractivity contribution in [2.24, 2.45) is 0 Å². The molecule has 0 N–H and O–H groups in total. The zero-order valence-corrected chi connectivity index (χ0v) is 11.6. The Balaban J connectivity index is 2.10. The maximum Gasteiger partial charge on any atom is 0.161 e. The lowest BCUT2D eigenvalue weighted by Crippen LogP contribution is -2.01. The summed E-state index contributed by atoms with van der Waals surface area (Å²) in [5.41, 5.74) is 1.89. The molecule has 0 amide bonds. The number of nitrogens with zero attached hydrogens (tertiary/aromatic N) is 1. The topological polar surface area (TPSA) is 31.4 Å². The molecule has 4 heteroatoms. The Morgan fingerprint density at radius 1 is 1.11 bits per heavy atom. The maximum absolute atomic E-state index is 5.82. The molecule has 1 heterocycles. The summed E-state index contributed by atoms with van der Waals surface area (Å²) < 4.78 is 11.3. The van der Waals surface area contributed by atoms with Gasteiger partial charge in [-0.1, -0.05) is 12.1 Å². The molecule has 0 atom stereocenters. The molecule has 19 heavy (non-hydrogen) atoms. The molecular weight excluding hydrogens is 262 g/mol. The molecule has 0 unspecified atom stereocenters. The normalized spacial score (nSPS) is 10.2. The number of pyridine rings is 1. The number of benzene rings is 1. The van der Waals surface area contributed by atoms with Gasteiger partial charge in [0.15, 0.2) is 11.5 Å². The van der Waals surface area contributed by atoms with Crippen LogP contribution in [0.1, 0.15) is 18.2 Å². The Hall–Kier alpha value is -1.74. The average molecular weight is 278 g/mol. The van der Waals surface area contributed by atoms with Crippen molar-refractivity contribution in [1.82, 2.24) is 4.98 Å². The highest BCUT2D eigenvalue weighted by Crippen LogP contribution is 2.29. The fourth-order valence-corrected chi connectivity index (χ4v) is 1.82. The smallest absolute Gasteiger partial charge is 0.161 e. The SMILES string of the molecule is CCOc1cc(CCl)ccc1OCc1ccccn1. The van der Waals surface area contributed by atoms with E-state index < -0.39 is 0 Å². The highest BCUT2D eigenvalue weighted by atomic mass is 35.5. The van der Waals surface area contributed by atoms with Crippen LogP contribution in [0, 0.1) is 0 Å². The molecule has 0 saturated heterocycles. The Morgan fingerprint density at radius 2 is 2.00 bits per heavy atom. The van der Waals surface area contributed by atoms with Gasteiger partial charge < -0.3 is 9.47 Å². The van der Waals surface area contributed by atoms with E-state index in [9.17, 15) is 0 Å². The van der Waals surface area contributed by atoms with Crippen LogP contribution < -0.4 is 9.47 Å². The van der Waals surface area contributed by atoms with Gasteiger partial charge in [0.05, 0.1) is 12.3 Å². The summed E-state index contributed by atoms with van der Waals surface area (Å²) in [4.78, 5) is 4.22. The summed E-state index contributed by atoms with van der Waals surface area (Å²) in [7, 11) is 0. The molecule has 0 spiro atoms. The minimum atomic E-state index is 0.418. The van der Waals surface area contributed by atoms with Crippen molar-refractivity contribution >= 4 is 11.6 Å².